The highest BCUT2D eigenvalue weighted by Crippen LogP contribution is 2.52. The number of ketones is 2. The summed E-state index contributed by atoms with van der Waals surface area (Å²) in [6.45, 7) is 6.54. The number of phenols is 2. The molecule has 2 aromatic carbocycles. The van der Waals surface area contributed by atoms with Gasteiger partial charge in [-0.05, 0) is 33.1 Å². The van der Waals surface area contributed by atoms with Crippen LogP contribution in [0.25, 0.3) is 0 Å². The Labute approximate surface area is 232 Å². The van der Waals surface area contributed by atoms with Gasteiger partial charge in [-0.25, -0.2) is 0 Å². The standard InChI is InChI=1S/C30H36N2O8/c1-15-11-17(32-7-9-38-10-8-32)12-22(39-15)40-21-14-30(31,16(2)33)13-20-23(21)29(37)25-24(28(20)36)26(34)18-5-3-4-6-19(18)27(25)35/h3-6,15-17,21-22,33,36-37H,7-14,31H2,1-2H3/t15-,16?,17+,21-,22-,30-/m0/s1. The van der Waals surface area contributed by atoms with Crippen LogP contribution in [-0.4, -0.2) is 88.2 Å². The summed E-state index contributed by atoms with van der Waals surface area (Å²) in [6.07, 6.45) is -1.13. The fourth-order valence-corrected chi connectivity index (χ4v) is 6.78. The number of hydrogen-bond acceptors (Lipinski definition) is 10. The first-order chi connectivity index (χ1) is 19.1. The number of fused-ring (bicyclic) bond motifs is 3. The minimum atomic E-state index is -1.22. The second-order valence-corrected chi connectivity index (χ2v) is 11.6. The van der Waals surface area contributed by atoms with E-state index in [1.807, 2.05) is 6.92 Å². The molecule has 214 valence electrons. The quantitative estimate of drug-likeness (QED) is 0.355. The monoisotopic (exact) mass is 552 g/mol. The van der Waals surface area contributed by atoms with Crippen LogP contribution in [0.2, 0.25) is 0 Å². The normalized spacial score (nSPS) is 31.3. The van der Waals surface area contributed by atoms with Crippen LogP contribution in [0, 0.1) is 0 Å². The molecular weight excluding hydrogens is 516 g/mol. The summed E-state index contributed by atoms with van der Waals surface area (Å²) in [6, 6.07) is 6.55. The van der Waals surface area contributed by atoms with E-state index in [1.54, 1.807) is 19.1 Å². The average Bonchev–Trinajstić information content (AvgIpc) is 2.93. The molecule has 0 aromatic heterocycles. The molecule has 2 fully saturated rings. The minimum absolute atomic E-state index is 0.0199. The molecule has 1 unspecified atom stereocenters. The molecule has 6 rings (SSSR count). The number of carbonyl (C=O) groups is 2. The van der Waals surface area contributed by atoms with E-state index >= 15 is 0 Å². The molecular formula is C30H36N2O8. The number of aliphatic hydroxyl groups is 1. The van der Waals surface area contributed by atoms with Gasteiger partial charge in [-0.3, -0.25) is 14.5 Å². The summed E-state index contributed by atoms with van der Waals surface area (Å²) in [7, 11) is 0. The van der Waals surface area contributed by atoms with Crippen LogP contribution in [0.15, 0.2) is 24.3 Å². The lowest BCUT2D eigenvalue weighted by atomic mass is 9.70. The highest BCUT2D eigenvalue weighted by molar-refractivity contribution is 6.30. The second kappa shape index (κ2) is 10.2. The first-order valence-corrected chi connectivity index (χ1v) is 14.0. The molecule has 2 heterocycles. The van der Waals surface area contributed by atoms with Gasteiger partial charge in [0.1, 0.15) is 11.5 Å². The molecule has 10 nitrogen and oxygen atoms in total. The first kappa shape index (κ1) is 27.3. The van der Waals surface area contributed by atoms with Crippen molar-refractivity contribution in [2.24, 2.45) is 5.73 Å². The van der Waals surface area contributed by atoms with Crippen molar-refractivity contribution in [1.29, 1.82) is 0 Å². The van der Waals surface area contributed by atoms with Gasteiger partial charge in [0.2, 0.25) is 0 Å². The number of carbonyl (C=O) groups excluding carboxylic acids is 2. The number of morpholine rings is 1. The third-order valence-electron chi connectivity index (χ3n) is 9.02. The van der Waals surface area contributed by atoms with Crippen molar-refractivity contribution in [3.63, 3.8) is 0 Å². The lowest BCUT2D eigenvalue weighted by Gasteiger charge is -2.45. The Bertz CT molecular complexity index is 1350. The molecule has 2 aliphatic carbocycles. The number of aliphatic hydroxyl groups excluding tert-OH is 1. The Morgan fingerprint density at radius 1 is 1.05 bits per heavy atom. The Hall–Kier alpha value is -2.86. The summed E-state index contributed by atoms with van der Waals surface area (Å²) < 4.78 is 18.2. The number of nitrogens with zero attached hydrogens (tertiary/aromatic N) is 1. The van der Waals surface area contributed by atoms with Crippen LogP contribution < -0.4 is 5.73 Å². The molecule has 0 radical (unpaired) electrons. The second-order valence-electron chi connectivity index (χ2n) is 11.6. The molecule has 0 spiro atoms. The summed E-state index contributed by atoms with van der Waals surface area (Å²) in [4.78, 5) is 29.4. The van der Waals surface area contributed by atoms with Crippen LogP contribution in [0.3, 0.4) is 0 Å². The van der Waals surface area contributed by atoms with Gasteiger partial charge in [0, 0.05) is 53.3 Å². The number of nitrogens with two attached hydrogens (primary N) is 1. The summed E-state index contributed by atoms with van der Waals surface area (Å²) in [5.74, 6) is -1.92. The van der Waals surface area contributed by atoms with Crippen LogP contribution in [0.4, 0.5) is 0 Å². The molecule has 2 aromatic rings. The highest BCUT2D eigenvalue weighted by atomic mass is 16.7. The number of aromatic hydroxyl groups is 2. The Morgan fingerprint density at radius 3 is 2.30 bits per heavy atom. The van der Waals surface area contributed by atoms with Crippen molar-refractivity contribution in [2.75, 3.05) is 26.3 Å². The van der Waals surface area contributed by atoms with E-state index in [9.17, 15) is 24.9 Å². The van der Waals surface area contributed by atoms with Gasteiger partial charge < -0.3 is 35.3 Å². The molecule has 6 atom stereocenters. The third-order valence-corrected chi connectivity index (χ3v) is 9.02. The molecule has 4 aliphatic rings. The number of phenolic OH excluding ortho intramolecular Hbond substituents is 2. The van der Waals surface area contributed by atoms with Crippen LogP contribution in [-0.2, 0) is 20.6 Å². The third kappa shape index (κ3) is 4.43. The van der Waals surface area contributed by atoms with Crippen molar-refractivity contribution >= 4 is 11.6 Å². The lowest BCUT2D eigenvalue weighted by molar-refractivity contribution is -0.232. The Balaban J connectivity index is 1.41. The Kier molecular flexibility index (Phi) is 6.97. The van der Waals surface area contributed by atoms with Crippen molar-refractivity contribution in [3.8, 4) is 11.5 Å². The highest BCUT2D eigenvalue weighted by Gasteiger charge is 2.48. The smallest absolute Gasteiger partial charge is 0.198 e. The van der Waals surface area contributed by atoms with E-state index in [4.69, 9.17) is 19.9 Å². The zero-order valence-corrected chi connectivity index (χ0v) is 22.8. The van der Waals surface area contributed by atoms with Gasteiger partial charge in [-0.1, -0.05) is 24.3 Å². The first-order valence-electron chi connectivity index (χ1n) is 14.0. The summed E-state index contributed by atoms with van der Waals surface area (Å²) >= 11 is 0. The molecule has 40 heavy (non-hydrogen) atoms. The van der Waals surface area contributed by atoms with E-state index in [-0.39, 0.29) is 58.4 Å². The van der Waals surface area contributed by atoms with Gasteiger partial charge in [0.05, 0.1) is 42.7 Å². The van der Waals surface area contributed by atoms with E-state index in [0.717, 1.165) is 19.5 Å². The number of benzene rings is 2. The van der Waals surface area contributed by atoms with Crippen LogP contribution >= 0.6 is 0 Å². The van der Waals surface area contributed by atoms with Gasteiger partial charge >= 0.3 is 0 Å². The maximum absolute atomic E-state index is 13.5. The van der Waals surface area contributed by atoms with Crippen molar-refractivity contribution in [1.82, 2.24) is 4.90 Å². The van der Waals surface area contributed by atoms with Gasteiger partial charge in [-0.15, -0.1) is 0 Å². The fraction of sp³-hybridized carbons (Fsp3) is 0.533. The number of ether oxygens (including phenoxy) is 3. The molecule has 2 aliphatic heterocycles. The maximum Gasteiger partial charge on any atom is 0.198 e. The van der Waals surface area contributed by atoms with Crippen molar-refractivity contribution in [3.05, 3.63) is 57.6 Å². The van der Waals surface area contributed by atoms with Gasteiger partial charge in [-0.2, -0.15) is 0 Å². The molecule has 0 saturated carbocycles. The Morgan fingerprint density at radius 2 is 1.68 bits per heavy atom. The topological polar surface area (TPSA) is 152 Å². The maximum atomic E-state index is 13.5. The van der Waals surface area contributed by atoms with E-state index in [1.165, 1.54) is 12.1 Å². The van der Waals surface area contributed by atoms with Crippen LogP contribution in [0.1, 0.15) is 82.2 Å². The van der Waals surface area contributed by atoms with E-state index in [2.05, 4.69) is 4.90 Å². The largest absolute Gasteiger partial charge is 0.507 e. The summed E-state index contributed by atoms with van der Waals surface area (Å²) in [5, 5.41) is 33.8. The molecule has 0 bridgehead atoms. The van der Waals surface area contributed by atoms with E-state index < -0.39 is 47.1 Å². The zero-order chi connectivity index (χ0) is 28.3. The van der Waals surface area contributed by atoms with Crippen molar-refractivity contribution < 1.29 is 39.1 Å². The number of rotatable bonds is 4. The summed E-state index contributed by atoms with van der Waals surface area (Å²) in [5.41, 5.74) is 5.71. The molecule has 0 amide bonds. The predicted octanol–water partition coefficient (Wildman–Crippen LogP) is 2.18. The predicted molar refractivity (Wildman–Crippen MR) is 144 cm³/mol. The lowest BCUT2D eigenvalue weighted by Crippen LogP contribution is -2.55. The average molecular weight is 553 g/mol. The molecule has 10 heteroatoms. The molecule has 2 saturated heterocycles. The number of hydrogen-bond donors (Lipinski definition) is 4. The fourth-order valence-electron chi connectivity index (χ4n) is 6.78. The van der Waals surface area contributed by atoms with Gasteiger partial charge in [0.25, 0.3) is 0 Å². The molecule has 5 N–H and O–H groups in total. The minimum Gasteiger partial charge on any atom is -0.507 e. The van der Waals surface area contributed by atoms with Gasteiger partial charge in [0.15, 0.2) is 17.9 Å². The van der Waals surface area contributed by atoms with E-state index in [0.29, 0.717) is 19.6 Å². The SMILES string of the molecule is CC(O)[C@]1(N)Cc2c(O)c3c(c(O)c2[C@@H](O[C@H]2C[C@H](N4CCOCC4)C[C@H](C)O2)C1)C(=O)c1ccccc1C3=O. The van der Waals surface area contributed by atoms with Crippen molar-refractivity contribution in [2.45, 2.75) is 75.7 Å². The van der Waals surface area contributed by atoms with Crippen LogP contribution in [0.5, 0.6) is 11.5 Å². The zero-order valence-electron chi connectivity index (χ0n) is 22.8.